The zero-order valence-electron chi connectivity index (χ0n) is 9.79. The van der Waals surface area contributed by atoms with Gasteiger partial charge in [0.2, 0.25) is 8.32 Å². The first-order valence-corrected chi connectivity index (χ1v) is 11.4. The maximum Gasteiger partial charge on any atom is 0.205 e. The van der Waals surface area contributed by atoms with Crippen molar-refractivity contribution in [2.75, 3.05) is 0 Å². The molecule has 1 aromatic rings. The average molecular weight is 224 g/mol. The van der Waals surface area contributed by atoms with E-state index < -0.39 is 16.6 Å². The van der Waals surface area contributed by atoms with Gasteiger partial charge in [-0.3, -0.25) is 0 Å². The van der Waals surface area contributed by atoms with Crippen molar-refractivity contribution in [3.63, 3.8) is 0 Å². The highest BCUT2D eigenvalue weighted by Gasteiger charge is 2.30. The molecule has 0 bridgehead atoms. The van der Waals surface area contributed by atoms with Gasteiger partial charge in [0.15, 0.2) is 8.32 Å². The number of rotatable bonds is 3. The van der Waals surface area contributed by atoms with Crippen LogP contribution in [-0.4, -0.2) is 16.6 Å². The fraction of sp³-hybridized carbons (Fsp3) is 0.455. The van der Waals surface area contributed by atoms with Crippen LogP contribution in [0.5, 0.6) is 0 Å². The van der Waals surface area contributed by atoms with Gasteiger partial charge >= 0.3 is 0 Å². The van der Waals surface area contributed by atoms with E-state index in [0.29, 0.717) is 0 Å². The van der Waals surface area contributed by atoms with E-state index in [2.05, 4.69) is 63.1 Å². The van der Waals surface area contributed by atoms with Crippen LogP contribution < -0.4 is 5.19 Å². The quantitative estimate of drug-likeness (QED) is 0.717. The lowest BCUT2D eigenvalue weighted by Gasteiger charge is -2.31. The zero-order chi connectivity index (χ0) is 10.8. The Morgan fingerprint density at radius 3 is 1.79 bits per heavy atom. The van der Waals surface area contributed by atoms with E-state index in [9.17, 15) is 0 Å². The standard InChI is InChI=1S/C11H20OSi2/c1-13(2,3)12-14(4,5)11-9-7-6-8-10-11/h6-10H,1-5H3. The number of benzene rings is 1. The van der Waals surface area contributed by atoms with Crippen LogP contribution >= 0.6 is 0 Å². The molecule has 0 radical (unpaired) electrons. The molecule has 1 rings (SSSR count). The molecule has 78 valence electrons. The fourth-order valence-electron chi connectivity index (χ4n) is 1.66. The van der Waals surface area contributed by atoms with Crippen molar-refractivity contribution in [2.45, 2.75) is 32.7 Å². The van der Waals surface area contributed by atoms with Crippen LogP contribution in [0.3, 0.4) is 0 Å². The lowest BCUT2D eigenvalue weighted by Crippen LogP contribution is -2.51. The van der Waals surface area contributed by atoms with E-state index in [0.717, 1.165) is 0 Å². The van der Waals surface area contributed by atoms with Crippen molar-refractivity contribution in [3.05, 3.63) is 30.3 Å². The summed E-state index contributed by atoms with van der Waals surface area (Å²) in [6.45, 7) is 11.3. The molecule has 0 unspecified atom stereocenters. The first-order valence-electron chi connectivity index (χ1n) is 5.07. The number of hydrogen-bond donors (Lipinski definition) is 0. The van der Waals surface area contributed by atoms with Crippen molar-refractivity contribution in [1.82, 2.24) is 0 Å². The third kappa shape index (κ3) is 3.40. The van der Waals surface area contributed by atoms with Crippen LogP contribution in [0.25, 0.3) is 0 Å². The predicted molar refractivity (Wildman–Crippen MR) is 68.0 cm³/mol. The van der Waals surface area contributed by atoms with Crippen LogP contribution in [0.1, 0.15) is 0 Å². The second kappa shape index (κ2) is 4.00. The molecule has 0 aromatic heterocycles. The predicted octanol–water partition coefficient (Wildman–Crippen LogP) is 2.95. The first kappa shape index (κ1) is 11.7. The summed E-state index contributed by atoms with van der Waals surface area (Å²) in [4.78, 5) is 0. The van der Waals surface area contributed by atoms with Gasteiger partial charge < -0.3 is 4.12 Å². The van der Waals surface area contributed by atoms with E-state index >= 15 is 0 Å². The van der Waals surface area contributed by atoms with Crippen LogP contribution in [-0.2, 0) is 4.12 Å². The van der Waals surface area contributed by atoms with Crippen molar-refractivity contribution < 1.29 is 4.12 Å². The summed E-state index contributed by atoms with van der Waals surface area (Å²) in [7, 11) is -3.07. The highest BCUT2D eigenvalue weighted by molar-refractivity contribution is 6.92. The Labute approximate surface area is 89.4 Å². The van der Waals surface area contributed by atoms with Gasteiger partial charge in [-0.2, -0.15) is 0 Å². The topological polar surface area (TPSA) is 9.23 Å². The molecule has 1 nitrogen and oxygen atoms in total. The van der Waals surface area contributed by atoms with Gasteiger partial charge in [0.25, 0.3) is 0 Å². The van der Waals surface area contributed by atoms with Gasteiger partial charge in [-0.15, -0.1) is 0 Å². The van der Waals surface area contributed by atoms with Crippen LogP contribution in [0.4, 0.5) is 0 Å². The summed E-state index contributed by atoms with van der Waals surface area (Å²) in [5, 5.41) is 1.39. The van der Waals surface area contributed by atoms with Crippen molar-refractivity contribution in [3.8, 4) is 0 Å². The van der Waals surface area contributed by atoms with E-state index in [4.69, 9.17) is 4.12 Å². The summed E-state index contributed by atoms with van der Waals surface area (Å²) in [5.41, 5.74) is 0. The van der Waals surface area contributed by atoms with Gasteiger partial charge in [-0.1, -0.05) is 30.3 Å². The molecule has 0 amide bonds. The van der Waals surface area contributed by atoms with Gasteiger partial charge in [0, 0.05) is 0 Å². The van der Waals surface area contributed by atoms with Crippen LogP contribution in [0.2, 0.25) is 32.7 Å². The van der Waals surface area contributed by atoms with E-state index in [1.807, 2.05) is 0 Å². The molecular formula is C11H20OSi2. The maximum absolute atomic E-state index is 6.29. The molecule has 1 aromatic carbocycles. The molecule has 0 saturated carbocycles. The smallest absolute Gasteiger partial charge is 0.205 e. The summed E-state index contributed by atoms with van der Waals surface area (Å²) in [6, 6.07) is 10.6. The molecule has 0 atom stereocenters. The molecule has 0 aliphatic carbocycles. The van der Waals surface area contributed by atoms with Crippen LogP contribution in [0, 0.1) is 0 Å². The minimum absolute atomic E-state index is 1.39. The Morgan fingerprint density at radius 1 is 0.857 bits per heavy atom. The summed E-state index contributed by atoms with van der Waals surface area (Å²) >= 11 is 0. The minimum atomic E-state index is -1.65. The summed E-state index contributed by atoms with van der Waals surface area (Å²) in [6.07, 6.45) is 0. The Balaban J connectivity index is 2.86. The molecule has 0 fully saturated rings. The highest BCUT2D eigenvalue weighted by atomic mass is 28.4. The molecule has 3 heteroatoms. The molecule has 0 saturated heterocycles. The van der Waals surface area contributed by atoms with E-state index in [-0.39, 0.29) is 0 Å². The zero-order valence-corrected chi connectivity index (χ0v) is 11.8. The monoisotopic (exact) mass is 224 g/mol. The van der Waals surface area contributed by atoms with E-state index in [1.54, 1.807) is 0 Å². The van der Waals surface area contributed by atoms with Crippen molar-refractivity contribution >= 4 is 21.8 Å². The molecular weight excluding hydrogens is 204 g/mol. The molecule has 0 aliphatic rings. The lowest BCUT2D eigenvalue weighted by atomic mass is 10.4. The summed E-state index contributed by atoms with van der Waals surface area (Å²) < 4.78 is 6.29. The van der Waals surface area contributed by atoms with Gasteiger partial charge in [-0.05, 0) is 37.9 Å². The van der Waals surface area contributed by atoms with Crippen molar-refractivity contribution in [2.24, 2.45) is 0 Å². The third-order valence-corrected chi connectivity index (χ3v) is 8.24. The maximum atomic E-state index is 6.29. The SMILES string of the molecule is C[Si](C)(C)O[Si](C)(C)c1ccccc1. The largest absolute Gasteiger partial charge is 0.452 e. The summed E-state index contributed by atoms with van der Waals surface area (Å²) in [5.74, 6) is 0. The Morgan fingerprint density at radius 2 is 1.36 bits per heavy atom. The molecule has 0 N–H and O–H groups in total. The van der Waals surface area contributed by atoms with Gasteiger partial charge in [0.1, 0.15) is 0 Å². The number of hydrogen-bond acceptors (Lipinski definition) is 1. The van der Waals surface area contributed by atoms with E-state index in [1.165, 1.54) is 5.19 Å². The fourth-order valence-corrected chi connectivity index (χ4v) is 9.25. The lowest BCUT2D eigenvalue weighted by molar-refractivity contribution is 0.566. The Bertz CT molecular complexity index is 288. The van der Waals surface area contributed by atoms with Gasteiger partial charge in [0.05, 0.1) is 0 Å². The normalized spacial score (nSPS) is 12.9. The van der Waals surface area contributed by atoms with Crippen molar-refractivity contribution in [1.29, 1.82) is 0 Å². The highest BCUT2D eigenvalue weighted by Crippen LogP contribution is 2.13. The second-order valence-electron chi connectivity index (χ2n) is 5.09. The third-order valence-electron chi connectivity index (χ3n) is 2.03. The second-order valence-corrected chi connectivity index (χ2v) is 13.7. The van der Waals surface area contributed by atoms with Crippen LogP contribution in [0.15, 0.2) is 30.3 Å². The first-order chi connectivity index (χ1) is 6.31. The molecule has 0 heterocycles. The minimum Gasteiger partial charge on any atom is -0.452 e. The Hall–Kier alpha value is -0.386. The molecule has 0 spiro atoms. The van der Waals surface area contributed by atoms with Gasteiger partial charge in [-0.25, -0.2) is 0 Å². The molecule has 14 heavy (non-hydrogen) atoms. The molecule has 0 aliphatic heterocycles. The average Bonchev–Trinajstić information content (AvgIpc) is 2.01. The Kier molecular flexibility index (Phi) is 3.34.